The van der Waals surface area contributed by atoms with Gasteiger partial charge >= 0.3 is 0 Å². The number of rotatable bonds is 4. The Bertz CT molecular complexity index is 1030. The molecule has 178 valence electrons. The summed E-state index contributed by atoms with van der Waals surface area (Å²) >= 11 is 0. The van der Waals surface area contributed by atoms with Crippen LogP contribution >= 0.6 is 0 Å². The molecule has 2 aliphatic carbocycles. The van der Waals surface area contributed by atoms with Crippen LogP contribution in [0.2, 0.25) is 0 Å². The van der Waals surface area contributed by atoms with Crippen molar-refractivity contribution in [1.29, 1.82) is 0 Å². The third kappa shape index (κ3) is 4.20. The van der Waals surface area contributed by atoms with E-state index in [0.717, 1.165) is 19.4 Å². The Morgan fingerprint density at radius 3 is 2.70 bits per heavy atom. The number of likely N-dealkylation sites (tertiary alicyclic amines) is 1. The molecule has 1 unspecified atom stereocenters. The standard InChI is InChI=1S/C23H27F4N5O/c1-31-12-19(28-13-3-2-8-32(11-13)14-9-23(26,27)10-14)29-30-22(31)18-7-4-15-16(20(18)33)5-6-17(15)21(24)25/h4,7,12-14,22,28,33H,2-3,5-6,8-11H2,1H3/t13?,22-/m0/s1. The first-order chi connectivity index (χ1) is 15.7. The zero-order valence-corrected chi connectivity index (χ0v) is 18.4. The number of hydrogen-bond donors (Lipinski definition) is 2. The SMILES string of the molecule is CN1C=C(NC2CCCN(C3CC(F)(F)C3)C2)N=N[C@@H]1c1ccc2c(c1O)CCC2=C(F)F. The number of alkyl halides is 2. The maximum absolute atomic E-state index is 13.3. The molecule has 2 N–H and O–H groups in total. The van der Waals surface area contributed by atoms with Gasteiger partial charge < -0.3 is 15.3 Å². The summed E-state index contributed by atoms with van der Waals surface area (Å²) in [7, 11) is 1.81. The van der Waals surface area contributed by atoms with E-state index in [1.807, 2.05) is 11.9 Å². The van der Waals surface area contributed by atoms with E-state index in [1.54, 1.807) is 18.3 Å². The van der Waals surface area contributed by atoms with Gasteiger partial charge in [-0.15, -0.1) is 5.11 Å². The van der Waals surface area contributed by atoms with Crippen molar-refractivity contribution in [2.45, 2.75) is 62.7 Å². The van der Waals surface area contributed by atoms with Gasteiger partial charge in [0, 0.05) is 61.4 Å². The van der Waals surface area contributed by atoms with E-state index in [1.165, 1.54) is 0 Å². The molecule has 0 amide bonds. The van der Waals surface area contributed by atoms with Crippen molar-refractivity contribution in [2.24, 2.45) is 10.2 Å². The van der Waals surface area contributed by atoms with Gasteiger partial charge in [-0.1, -0.05) is 12.1 Å². The van der Waals surface area contributed by atoms with Gasteiger partial charge in [0.1, 0.15) is 5.75 Å². The van der Waals surface area contributed by atoms with Gasteiger partial charge in [0.25, 0.3) is 12.0 Å². The van der Waals surface area contributed by atoms with Crippen molar-refractivity contribution in [3.8, 4) is 5.75 Å². The number of piperidine rings is 1. The van der Waals surface area contributed by atoms with Crippen LogP contribution in [0.15, 0.2) is 40.5 Å². The van der Waals surface area contributed by atoms with Crippen molar-refractivity contribution in [1.82, 2.24) is 15.1 Å². The van der Waals surface area contributed by atoms with Crippen molar-refractivity contribution >= 4 is 5.57 Å². The van der Waals surface area contributed by atoms with Gasteiger partial charge in [-0.25, -0.2) is 8.78 Å². The zero-order chi connectivity index (χ0) is 23.3. The first kappa shape index (κ1) is 22.2. The highest BCUT2D eigenvalue weighted by atomic mass is 19.3. The number of halogens is 4. The van der Waals surface area contributed by atoms with Gasteiger partial charge in [0.15, 0.2) is 12.0 Å². The topological polar surface area (TPSA) is 63.5 Å². The lowest BCUT2D eigenvalue weighted by molar-refractivity contribution is -0.128. The third-order valence-electron chi connectivity index (χ3n) is 7.15. The van der Waals surface area contributed by atoms with Gasteiger partial charge in [-0.05, 0) is 37.8 Å². The number of nitrogens with zero attached hydrogens (tertiary/aromatic N) is 4. The van der Waals surface area contributed by atoms with Crippen molar-refractivity contribution < 1.29 is 22.7 Å². The summed E-state index contributed by atoms with van der Waals surface area (Å²) in [5.74, 6) is -1.96. The fourth-order valence-corrected chi connectivity index (χ4v) is 5.37. The number of nitrogens with one attached hydrogen (secondary N) is 1. The summed E-state index contributed by atoms with van der Waals surface area (Å²) in [6.45, 7) is 1.52. The number of phenolic OH excluding ortho intramolecular Hbond substituents is 1. The number of benzene rings is 1. The second kappa shape index (κ2) is 8.30. The van der Waals surface area contributed by atoms with Crippen LogP contribution in [0.25, 0.3) is 5.57 Å². The van der Waals surface area contributed by atoms with Gasteiger partial charge in [0.2, 0.25) is 0 Å². The molecule has 2 heterocycles. The molecule has 5 rings (SSSR count). The summed E-state index contributed by atoms with van der Waals surface area (Å²) in [6, 6.07) is 3.29. The number of fused-ring (bicyclic) bond motifs is 1. The quantitative estimate of drug-likeness (QED) is 0.615. The first-order valence-electron chi connectivity index (χ1n) is 11.3. The molecular formula is C23H27F4N5O. The summed E-state index contributed by atoms with van der Waals surface area (Å²) in [5, 5.41) is 22.8. The fraction of sp³-hybridized carbons (Fsp3) is 0.565. The highest BCUT2D eigenvalue weighted by Crippen LogP contribution is 2.44. The Balaban J connectivity index is 1.25. The molecule has 1 aromatic carbocycles. The molecule has 2 atom stereocenters. The minimum atomic E-state index is -2.52. The first-order valence-corrected chi connectivity index (χ1v) is 11.3. The number of phenols is 1. The van der Waals surface area contributed by atoms with Crippen LogP contribution in [-0.2, 0) is 6.42 Å². The highest BCUT2D eigenvalue weighted by molar-refractivity contribution is 5.76. The van der Waals surface area contributed by atoms with Crippen LogP contribution in [0, 0.1) is 0 Å². The molecule has 2 aliphatic heterocycles. The Morgan fingerprint density at radius 2 is 2.00 bits per heavy atom. The Morgan fingerprint density at radius 1 is 1.21 bits per heavy atom. The van der Waals surface area contributed by atoms with E-state index in [0.29, 0.717) is 35.5 Å². The predicted molar refractivity (Wildman–Crippen MR) is 115 cm³/mol. The second-order valence-electron chi connectivity index (χ2n) is 9.43. The lowest BCUT2D eigenvalue weighted by atomic mass is 9.85. The lowest BCUT2D eigenvalue weighted by Gasteiger charge is -2.46. The zero-order valence-electron chi connectivity index (χ0n) is 18.4. The van der Waals surface area contributed by atoms with Crippen LogP contribution in [0.1, 0.15) is 55.0 Å². The monoisotopic (exact) mass is 465 g/mol. The molecule has 1 saturated carbocycles. The molecule has 33 heavy (non-hydrogen) atoms. The van der Waals surface area contributed by atoms with Crippen LogP contribution in [-0.4, -0.2) is 53.0 Å². The van der Waals surface area contributed by atoms with E-state index >= 15 is 0 Å². The van der Waals surface area contributed by atoms with Crippen LogP contribution < -0.4 is 5.32 Å². The molecule has 1 aromatic rings. The average Bonchev–Trinajstić information content (AvgIpc) is 3.19. The maximum atomic E-state index is 13.3. The average molecular weight is 465 g/mol. The highest BCUT2D eigenvalue weighted by Gasteiger charge is 2.48. The van der Waals surface area contributed by atoms with E-state index in [-0.39, 0.29) is 42.7 Å². The number of azo groups is 1. The molecule has 4 aliphatic rings. The maximum Gasteiger partial charge on any atom is 0.274 e. The molecule has 10 heteroatoms. The number of aromatic hydroxyl groups is 1. The van der Waals surface area contributed by atoms with E-state index in [2.05, 4.69) is 20.4 Å². The van der Waals surface area contributed by atoms with Gasteiger partial charge in [-0.2, -0.15) is 13.9 Å². The van der Waals surface area contributed by atoms with E-state index in [9.17, 15) is 22.7 Å². The molecule has 6 nitrogen and oxygen atoms in total. The molecule has 2 fully saturated rings. The Hall–Kier alpha value is -2.62. The fourth-order valence-electron chi connectivity index (χ4n) is 5.37. The summed E-state index contributed by atoms with van der Waals surface area (Å²) in [4.78, 5) is 3.95. The van der Waals surface area contributed by atoms with Crippen molar-refractivity contribution in [2.75, 3.05) is 20.1 Å². The predicted octanol–water partition coefficient (Wildman–Crippen LogP) is 4.99. The molecule has 1 saturated heterocycles. The Labute approximate surface area is 189 Å². The van der Waals surface area contributed by atoms with Crippen LogP contribution in [0.5, 0.6) is 5.75 Å². The van der Waals surface area contributed by atoms with Crippen LogP contribution in [0.4, 0.5) is 17.6 Å². The van der Waals surface area contributed by atoms with E-state index < -0.39 is 18.2 Å². The van der Waals surface area contributed by atoms with Gasteiger partial charge in [0.05, 0.1) is 0 Å². The smallest absolute Gasteiger partial charge is 0.274 e. The molecule has 0 spiro atoms. The van der Waals surface area contributed by atoms with Crippen LogP contribution in [0.3, 0.4) is 0 Å². The molecule has 0 radical (unpaired) electrons. The third-order valence-corrected chi connectivity index (χ3v) is 7.15. The second-order valence-corrected chi connectivity index (χ2v) is 9.43. The van der Waals surface area contributed by atoms with E-state index in [4.69, 9.17) is 0 Å². The summed E-state index contributed by atoms with van der Waals surface area (Å²) in [5.41, 5.74) is 1.43. The molecular weight excluding hydrogens is 438 g/mol. The lowest BCUT2D eigenvalue weighted by Crippen LogP contribution is -2.56. The number of hydrogen-bond acceptors (Lipinski definition) is 6. The molecule has 0 bridgehead atoms. The largest absolute Gasteiger partial charge is 0.507 e. The summed E-state index contributed by atoms with van der Waals surface area (Å²) in [6.07, 6.45) is 1.83. The summed E-state index contributed by atoms with van der Waals surface area (Å²) < 4.78 is 52.8. The number of allylic oxidation sites excluding steroid dienone is 1. The normalized spacial score (nSPS) is 27.2. The Kier molecular flexibility index (Phi) is 5.58. The van der Waals surface area contributed by atoms with Gasteiger partial charge in [-0.3, -0.25) is 4.90 Å². The van der Waals surface area contributed by atoms with Crippen molar-refractivity contribution in [3.05, 3.63) is 46.9 Å². The molecule has 0 aromatic heterocycles. The minimum absolute atomic E-state index is 0.00965. The van der Waals surface area contributed by atoms with Crippen molar-refractivity contribution in [3.63, 3.8) is 0 Å². The minimum Gasteiger partial charge on any atom is -0.507 e.